The van der Waals surface area contributed by atoms with Gasteiger partial charge in [0.05, 0.1) is 30.5 Å². The monoisotopic (exact) mass is 304 g/mol. The molecule has 0 atom stereocenters. The van der Waals surface area contributed by atoms with Crippen LogP contribution < -0.4 is 0 Å². The third-order valence-electron chi connectivity index (χ3n) is 1.41. The summed E-state index contributed by atoms with van der Waals surface area (Å²) in [5, 5.41) is 8.68. The van der Waals surface area contributed by atoms with Gasteiger partial charge in [-0.05, 0) is 6.92 Å². The number of hydrogen-bond donors (Lipinski definition) is 3. The fourth-order valence-corrected chi connectivity index (χ4v) is 2.62. The lowest BCUT2D eigenvalue weighted by atomic mass is 10.8. The van der Waals surface area contributed by atoms with E-state index in [-0.39, 0.29) is 30.5 Å². The zero-order valence-electron chi connectivity index (χ0n) is 9.33. The average Bonchev–Trinajstić information content (AvgIpc) is 2.35. The smallest absolute Gasteiger partial charge is 0.330 e. The summed E-state index contributed by atoms with van der Waals surface area (Å²) in [5.41, 5.74) is 0. The summed E-state index contributed by atoms with van der Waals surface area (Å²) in [6.07, 6.45) is 0. The van der Waals surface area contributed by atoms with E-state index in [0.29, 0.717) is 0 Å². The fraction of sp³-hybridized carbons (Fsp3) is 0.750. The molecule has 9 heteroatoms. The molecule has 102 valence electrons. The van der Waals surface area contributed by atoms with Crippen molar-refractivity contribution < 1.29 is 27.2 Å². The summed E-state index contributed by atoms with van der Waals surface area (Å²) < 4.78 is 15.1. The van der Waals surface area contributed by atoms with E-state index in [2.05, 4.69) is 25.3 Å². The van der Waals surface area contributed by atoms with E-state index in [1.807, 2.05) is 0 Å². The van der Waals surface area contributed by atoms with Crippen LogP contribution >= 0.6 is 36.1 Å². The zero-order chi connectivity index (χ0) is 13.3. The second-order valence-electron chi connectivity index (χ2n) is 2.62. The molecule has 0 unspecified atom stereocenters. The normalized spacial score (nSPS) is 12.0. The van der Waals surface area contributed by atoms with E-state index in [1.54, 1.807) is 6.92 Å². The molecule has 0 aromatic carbocycles. The first-order valence-electron chi connectivity index (χ1n) is 4.76. The van der Waals surface area contributed by atoms with Crippen molar-refractivity contribution in [1.82, 2.24) is 0 Å². The molecule has 0 aromatic heterocycles. The quantitative estimate of drug-likeness (QED) is 0.567. The van der Waals surface area contributed by atoms with Crippen molar-refractivity contribution in [2.24, 2.45) is 0 Å². The number of thiol groups is 2. The number of aliphatic hydroxyl groups excluding tert-OH is 1. The molecule has 0 aromatic rings. The van der Waals surface area contributed by atoms with Gasteiger partial charge >= 0.3 is 11.9 Å². The Kier molecular flexibility index (Phi) is 8.88. The van der Waals surface area contributed by atoms with Crippen molar-refractivity contribution >= 4 is 48.1 Å². The number of hydrogen-bond acceptors (Lipinski definition) is 8. The maximum absolute atomic E-state index is 11.2. The Labute approximate surface area is 113 Å². The summed E-state index contributed by atoms with van der Waals surface area (Å²) in [7, 11) is -2.78. The molecule has 0 spiro atoms. The molecule has 1 N–H and O–H groups in total. The van der Waals surface area contributed by atoms with Crippen molar-refractivity contribution in [3.63, 3.8) is 0 Å². The predicted octanol–water partition coefficient (Wildman–Crippen LogP) is 0.511. The van der Waals surface area contributed by atoms with Crippen LogP contribution in [0.5, 0.6) is 0 Å². The Bertz CT molecular complexity index is 242. The fourth-order valence-electron chi connectivity index (χ4n) is 0.766. The Morgan fingerprint density at radius 1 is 1.18 bits per heavy atom. The molecule has 0 aliphatic carbocycles. The standard InChI is InChI=1S/C8H16O6S3/c1-2-17(12-4-3-9,13-7(10)5-15)14-8(11)6-16/h9,15-16H,2-6H2,1H3. The molecule has 0 bridgehead atoms. The van der Waals surface area contributed by atoms with Gasteiger partial charge in [0.1, 0.15) is 0 Å². The third-order valence-corrected chi connectivity index (χ3v) is 4.03. The Balaban J connectivity index is 4.72. The van der Waals surface area contributed by atoms with Gasteiger partial charge in [0.2, 0.25) is 0 Å². The molecular weight excluding hydrogens is 288 g/mol. The van der Waals surface area contributed by atoms with Crippen LogP contribution in [0.4, 0.5) is 0 Å². The summed E-state index contributed by atoms with van der Waals surface area (Å²) in [6.45, 7) is 1.28. The highest BCUT2D eigenvalue weighted by molar-refractivity contribution is 8.22. The van der Waals surface area contributed by atoms with Crippen LogP contribution in [0.15, 0.2) is 0 Å². The summed E-state index contributed by atoms with van der Waals surface area (Å²) >= 11 is 7.50. The van der Waals surface area contributed by atoms with Crippen molar-refractivity contribution in [2.75, 3.05) is 30.5 Å². The van der Waals surface area contributed by atoms with Crippen LogP contribution in [0, 0.1) is 0 Å². The Morgan fingerprint density at radius 2 is 1.65 bits per heavy atom. The lowest BCUT2D eigenvalue weighted by molar-refractivity contribution is -0.135. The molecule has 0 heterocycles. The van der Waals surface area contributed by atoms with E-state index in [1.165, 1.54) is 0 Å². The van der Waals surface area contributed by atoms with Gasteiger partial charge in [-0.15, -0.1) is 0 Å². The number of rotatable bonds is 8. The molecule has 0 saturated carbocycles. The molecule has 0 rings (SSSR count). The zero-order valence-corrected chi connectivity index (χ0v) is 11.9. The van der Waals surface area contributed by atoms with Gasteiger partial charge in [-0.2, -0.15) is 25.3 Å². The van der Waals surface area contributed by atoms with Gasteiger partial charge < -0.3 is 13.5 Å². The molecular formula is C8H16O6S3. The highest BCUT2D eigenvalue weighted by Gasteiger charge is 2.32. The molecule has 0 saturated heterocycles. The highest BCUT2D eigenvalue weighted by Crippen LogP contribution is 2.51. The number of carbonyl (C=O) groups excluding carboxylic acids is 2. The van der Waals surface area contributed by atoms with Crippen molar-refractivity contribution in [3.8, 4) is 0 Å². The average molecular weight is 304 g/mol. The van der Waals surface area contributed by atoms with E-state index < -0.39 is 22.8 Å². The molecule has 0 radical (unpaired) electrons. The number of carbonyl (C=O) groups is 2. The molecule has 0 fully saturated rings. The van der Waals surface area contributed by atoms with Gasteiger partial charge in [-0.1, -0.05) is 0 Å². The van der Waals surface area contributed by atoms with E-state index >= 15 is 0 Å². The minimum atomic E-state index is -2.78. The largest absolute Gasteiger partial charge is 0.394 e. The van der Waals surface area contributed by atoms with Crippen LogP contribution in [0.3, 0.4) is 0 Å². The lowest BCUT2D eigenvalue weighted by Gasteiger charge is -2.34. The van der Waals surface area contributed by atoms with Crippen LogP contribution in [-0.2, 0) is 22.1 Å². The summed E-state index contributed by atoms with van der Waals surface area (Å²) in [4.78, 5) is 22.4. The minimum absolute atomic E-state index is 0.0944. The second-order valence-corrected chi connectivity index (χ2v) is 5.51. The van der Waals surface area contributed by atoms with Crippen molar-refractivity contribution in [1.29, 1.82) is 0 Å². The SMILES string of the molecule is CCS(OCCO)(OC(=O)CS)OC(=O)CS. The van der Waals surface area contributed by atoms with Crippen molar-refractivity contribution in [3.05, 3.63) is 0 Å². The Morgan fingerprint density at radius 3 is 1.94 bits per heavy atom. The molecule has 0 aliphatic rings. The van der Waals surface area contributed by atoms with Gasteiger partial charge in [-0.3, -0.25) is 13.8 Å². The summed E-state index contributed by atoms with van der Waals surface area (Å²) in [6, 6.07) is 0. The molecule has 0 amide bonds. The van der Waals surface area contributed by atoms with Gasteiger partial charge in [0, 0.05) is 0 Å². The lowest BCUT2D eigenvalue weighted by Crippen LogP contribution is -2.23. The van der Waals surface area contributed by atoms with E-state index in [4.69, 9.17) is 17.7 Å². The second kappa shape index (κ2) is 8.92. The van der Waals surface area contributed by atoms with Crippen LogP contribution in [0.1, 0.15) is 6.92 Å². The van der Waals surface area contributed by atoms with Crippen molar-refractivity contribution in [2.45, 2.75) is 6.92 Å². The van der Waals surface area contributed by atoms with Gasteiger partial charge in [0.25, 0.3) is 0 Å². The first kappa shape index (κ1) is 16.9. The first-order valence-corrected chi connectivity index (χ1v) is 7.60. The minimum Gasteiger partial charge on any atom is -0.394 e. The van der Waals surface area contributed by atoms with Gasteiger partial charge in [-0.25, -0.2) is 0 Å². The van der Waals surface area contributed by atoms with E-state index in [0.717, 1.165) is 0 Å². The third kappa shape index (κ3) is 6.41. The predicted molar refractivity (Wildman–Crippen MR) is 71.1 cm³/mol. The van der Waals surface area contributed by atoms with Crippen LogP contribution in [0.25, 0.3) is 0 Å². The van der Waals surface area contributed by atoms with Gasteiger partial charge in [0.15, 0.2) is 10.9 Å². The molecule has 6 nitrogen and oxygen atoms in total. The first-order chi connectivity index (χ1) is 8.03. The Hall–Kier alpha value is -0.0900. The van der Waals surface area contributed by atoms with Crippen LogP contribution in [0.2, 0.25) is 0 Å². The van der Waals surface area contributed by atoms with E-state index in [9.17, 15) is 9.59 Å². The van der Waals surface area contributed by atoms with Crippen LogP contribution in [-0.4, -0.2) is 47.5 Å². The summed E-state index contributed by atoms with van der Waals surface area (Å²) in [5.74, 6) is -1.46. The highest BCUT2D eigenvalue weighted by atomic mass is 32.3. The maximum Gasteiger partial charge on any atom is 0.330 e. The topological polar surface area (TPSA) is 82.1 Å². The molecule has 0 aliphatic heterocycles. The maximum atomic E-state index is 11.2. The molecule has 17 heavy (non-hydrogen) atoms. The number of aliphatic hydroxyl groups is 1.